The van der Waals surface area contributed by atoms with E-state index in [1.807, 2.05) is 38.1 Å². The number of furan rings is 1. The minimum atomic E-state index is -3.50. The van der Waals surface area contributed by atoms with E-state index in [0.29, 0.717) is 18.0 Å². The number of fused-ring (bicyclic) bond motifs is 1. The van der Waals surface area contributed by atoms with Gasteiger partial charge in [-0.05, 0) is 37.6 Å². The van der Waals surface area contributed by atoms with Crippen LogP contribution in [0.1, 0.15) is 23.8 Å². The van der Waals surface area contributed by atoms with Crippen molar-refractivity contribution in [3.63, 3.8) is 0 Å². The van der Waals surface area contributed by atoms with E-state index in [-0.39, 0.29) is 0 Å². The molecule has 4 nitrogen and oxygen atoms in total. The summed E-state index contributed by atoms with van der Waals surface area (Å²) in [5, 5.41) is 0. The van der Waals surface area contributed by atoms with Crippen LogP contribution in [0.2, 0.25) is 0 Å². The fourth-order valence-electron chi connectivity index (χ4n) is 2.43. The molecule has 1 aromatic heterocycles. The molecule has 0 fully saturated rings. The average molecular weight is 303 g/mol. The average Bonchev–Trinajstić information content (AvgIpc) is 2.85. The van der Waals surface area contributed by atoms with Gasteiger partial charge in [0.2, 0.25) is 10.0 Å². The second-order valence-electron chi connectivity index (χ2n) is 5.27. The van der Waals surface area contributed by atoms with E-state index in [2.05, 4.69) is 0 Å². The highest BCUT2D eigenvalue weighted by atomic mass is 32.2. The van der Waals surface area contributed by atoms with Crippen molar-refractivity contribution in [1.29, 1.82) is 0 Å². The summed E-state index contributed by atoms with van der Waals surface area (Å²) in [6.45, 7) is 4.55. The molecule has 0 amide bonds. The molecule has 0 spiro atoms. The SMILES string of the molecule is CC1=CCN(S(=O)(=O)c2ccc(C)cc2)Cc2ccoc21. The molecule has 5 heteroatoms. The number of rotatable bonds is 2. The standard InChI is InChI=1S/C16H17NO3S/c1-12-3-5-15(6-4-12)21(18,19)17-9-7-13(2)16-14(11-17)8-10-20-16/h3-8,10H,9,11H2,1-2H3. The van der Waals surface area contributed by atoms with E-state index in [9.17, 15) is 8.42 Å². The first-order chi connectivity index (χ1) is 9.98. The molecule has 0 aliphatic carbocycles. The third-order valence-electron chi connectivity index (χ3n) is 3.71. The van der Waals surface area contributed by atoms with Crippen molar-refractivity contribution in [3.05, 3.63) is 59.6 Å². The van der Waals surface area contributed by atoms with E-state index in [1.165, 1.54) is 4.31 Å². The van der Waals surface area contributed by atoms with Crippen LogP contribution in [0, 0.1) is 6.92 Å². The molecule has 0 radical (unpaired) electrons. The summed E-state index contributed by atoms with van der Waals surface area (Å²) >= 11 is 0. The molecule has 3 rings (SSSR count). The first kappa shape index (κ1) is 14.1. The van der Waals surface area contributed by atoms with Crippen molar-refractivity contribution < 1.29 is 12.8 Å². The second kappa shape index (κ2) is 5.16. The van der Waals surface area contributed by atoms with Gasteiger partial charge in [-0.1, -0.05) is 23.8 Å². The van der Waals surface area contributed by atoms with E-state index < -0.39 is 10.0 Å². The van der Waals surface area contributed by atoms with Crippen LogP contribution in [0.15, 0.2) is 52.0 Å². The number of allylic oxidation sites excluding steroid dienone is 1. The van der Waals surface area contributed by atoms with Gasteiger partial charge in [-0.25, -0.2) is 8.42 Å². The predicted molar refractivity (Wildman–Crippen MR) is 81.1 cm³/mol. The largest absolute Gasteiger partial charge is 0.464 e. The van der Waals surface area contributed by atoms with Gasteiger partial charge >= 0.3 is 0 Å². The van der Waals surface area contributed by atoms with Crippen LogP contribution in [0.5, 0.6) is 0 Å². The van der Waals surface area contributed by atoms with Gasteiger partial charge in [0, 0.05) is 18.7 Å². The molecule has 0 saturated carbocycles. The number of aryl methyl sites for hydroxylation is 1. The minimum absolute atomic E-state index is 0.325. The number of sulfonamides is 1. The Morgan fingerprint density at radius 3 is 2.52 bits per heavy atom. The van der Waals surface area contributed by atoms with E-state index in [4.69, 9.17) is 4.42 Å². The fraction of sp³-hybridized carbons (Fsp3) is 0.250. The first-order valence-electron chi connectivity index (χ1n) is 6.79. The molecule has 2 aromatic rings. The van der Waals surface area contributed by atoms with Gasteiger partial charge in [0.15, 0.2) is 0 Å². The zero-order valence-corrected chi connectivity index (χ0v) is 12.9. The normalized spacial score (nSPS) is 16.2. The summed E-state index contributed by atoms with van der Waals surface area (Å²) < 4.78 is 32.4. The molecule has 2 heterocycles. The molecule has 1 aromatic carbocycles. The number of hydrogen-bond acceptors (Lipinski definition) is 3. The Morgan fingerprint density at radius 2 is 1.81 bits per heavy atom. The van der Waals surface area contributed by atoms with Gasteiger partial charge in [-0.2, -0.15) is 4.31 Å². The number of nitrogens with zero attached hydrogens (tertiary/aromatic N) is 1. The van der Waals surface area contributed by atoms with Gasteiger partial charge in [0.25, 0.3) is 0 Å². The molecule has 0 N–H and O–H groups in total. The lowest BCUT2D eigenvalue weighted by Gasteiger charge is -2.19. The molecule has 21 heavy (non-hydrogen) atoms. The minimum Gasteiger partial charge on any atom is -0.464 e. The molecule has 0 unspecified atom stereocenters. The van der Waals surface area contributed by atoms with Gasteiger partial charge in [-0.15, -0.1) is 0 Å². The van der Waals surface area contributed by atoms with Crippen LogP contribution >= 0.6 is 0 Å². The van der Waals surface area contributed by atoms with Crippen molar-refractivity contribution in [2.75, 3.05) is 6.54 Å². The Balaban J connectivity index is 1.99. The Bertz CT molecular complexity index is 785. The molecular formula is C16H17NO3S. The quantitative estimate of drug-likeness (QED) is 0.856. The summed E-state index contributed by atoms with van der Waals surface area (Å²) in [5.74, 6) is 0.775. The molecule has 1 aliphatic heterocycles. The molecule has 0 bridgehead atoms. The topological polar surface area (TPSA) is 50.5 Å². The third-order valence-corrected chi connectivity index (χ3v) is 5.54. The molecule has 0 atom stereocenters. The zero-order valence-electron chi connectivity index (χ0n) is 12.0. The second-order valence-corrected chi connectivity index (χ2v) is 7.21. The van der Waals surface area contributed by atoms with Crippen molar-refractivity contribution in [2.45, 2.75) is 25.3 Å². The Labute approximate surface area is 124 Å². The maximum atomic E-state index is 12.8. The molecule has 1 aliphatic rings. The van der Waals surface area contributed by atoms with E-state index >= 15 is 0 Å². The summed E-state index contributed by atoms with van der Waals surface area (Å²) in [4.78, 5) is 0.325. The molecular weight excluding hydrogens is 286 g/mol. The van der Waals surface area contributed by atoms with Crippen LogP contribution in [0.3, 0.4) is 0 Å². The Kier molecular flexibility index (Phi) is 3.47. The van der Waals surface area contributed by atoms with Gasteiger partial charge in [-0.3, -0.25) is 0 Å². The summed E-state index contributed by atoms with van der Waals surface area (Å²) in [5.41, 5.74) is 2.91. The van der Waals surface area contributed by atoms with Crippen molar-refractivity contribution in [2.24, 2.45) is 0 Å². The fourth-order valence-corrected chi connectivity index (χ4v) is 3.79. The lowest BCUT2D eigenvalue weighted by molar-refractivity contribution is 0.438. The lowest BCUT2D eigenvalue weighted by Crippen LogP contribution is -2.30. The van der Waals surface area contributed by atoms with E-state index in [1.54, 1.807) is 18.4 Å². The zero-order chi connectivity index (χ0) is 15.0. The van der Waals surface area contributed by atoms with Crippen molar-refractivity contribution in [1.82, 2.24) is 4.31 Å². The highest BCUT2D eigenvalue weighted by Crippen LogP contribution is 2.28. The predicted octanol–water partition coefficient (Wildman–Crippen LogP) is 3.20. The van der Waals surface area contributed by atoms with Gasteiger partial charge in [0.1, 0.15) is 5.76 Å². The molecule has 0 saturated heterocycles. The smallest absolute Gasteiger partial charge is 0.243 e. The van der Waals surface area contributed by atoms with Crippen LogP contribution in [0.4, 0.5) is 0 Å². The monoisotopic (exact) mass is 303 g/mol. The summed E-state index contributed by atoms with van der Waals surface area (Å²) in [6, 6.07) is 8.77. The van der Waals surface area contributed by atoms with Gasteiger partial charge < -0.3 is 4.42 Å². The van der Waals surface area contributed by atoms with Crippen molar-refractivity contribution >= 4 is 15.6 Å². The maximum absolute atomic E-state index is 12.8. The van der Waals surface area contributed by atoms with Gasteiger partial charge in [0.05, 0.1) is 11.2 Å². The highest BCUT2D eigenvalue weighted by molar-refractivity contribution is 7.89. The van der Waals surface area contributed by atoms with Crippen molar-refractivity contribution in [3.8, 4) is 0 Å². The Morgan fingerprint density at radius 1 is 1.10 bits per heavy atom. The molecule has 110 valence electrons. The maximum Gasteiger partial charge on any atom is 0.243 e. The van der Waals surface area contributed by atoms with Crippen LogP contribution in [-0.2, 0) is 16.6 Å². The van der Waals surface area contributed by atoms with Crippen LogP contribution in [0.25, 0.3) is 5.57 Å². The van der Waals surface area contributed by atoms with Crippen LogP contribution < -0.4 is 0 Å². The summed E-state index contributed by atoms with van der Waals surface area (Å²) in [6.07, 6.45) is 3.49. The Hall–Kier alpha value is -1.85. The number of hydrogen-bond donors (Lipinski definition) is 0. The lowest BCUT2D eigenvalue weighted by atomic mass is 10.1. The first-order valence-corrected chi connectivity index (χ1v) is 8.23. The highest BCUT2D eigenvalue weighted by Gasteiger charge is 2.27. The van der Waals surface area contributed by atoms with E-state index in [0.717, 1.165) is 22.5 Å². The third kappa shape index (κ3) is 2.54. The summed E-state index contributed by atoms with van der Waals surface area (Å²) in [7, 11) is -3.50. The van der Waals surface area contributed by atoms with Crippen LogP contribution in [-0.4, -0.2) is 19.3 Å². The number of benzene rings is 1.